The first-order chi connectivity index (χ1) is 11.3. The lowest BCUT2D eigenvalue weighted by Gasteiger charge is -2.24. The zero-order chi connectivity index (χ0) is 17.9. The Bertz CT molecular complexity index is 661. The van der Waals surface area contributed by atoms with Gasteiger partial charge < -0.3 is 15.0 Å². The van der Waals surface area contributed by atoms with E-state index in [1.54, 1.807) is 25.0 Å². The molecule has 24 heavy (non-hydrogen) atoms. The number of anilines is 1. The first-order valence-corrected chi connectivity index (χ1v) is 7.68. The Balaban J connectivity index is 2.08. The van der Waals surface area contributed by atoms with Crippen molar-refractivity contribution >= 4 is 23.2 Å². The number of nitrogens with zero attached hydrogens (tertiary/aromatic N) is 2. The van der Waals surface area contributed by atoms with Crippen molar-refractivity contribution in [3.8, 4) is 0 Å². The van der Waals surface area contributed by atoms with E-state index in [0.717, 1.165) is 0 Å². The third kappa shape index (κ3) is 3.70. The molecule has 0 saturated carbocycles. The number of carbonyl (C=O) groups excluding carboxylic acids is 2. The number of nitro groups is 1. The Labute approximate surface area is 139 Å². The average molecular weight is 335 g/mol. The van der Waals surface area contributed by atoms with Gasteiger partial charge in [0.15, 0.2) is 0 Å². The van der Waals surface area contributed by atoms with E-state index in [0.29, 0.717) is 24.4 Å². The van der Waals surface area contributed by atoms with Gasteiger partial charge >= 0.3 is 0 Å². The minimum absolute atomic E-state index is 0.0503. The number of benzene rings is 1. The third-order valence-corrected chi connectivity index (χ3v) is 4.23. The maximum absolute atomic E-state index is 12.4. The molecule has 2 amide bonds. The topological polar surface area (TPSA) is 102 Å². The molecule has 0 aliphatic carbocycles. The molecule has 1 aliphatic rings. The van der Waals surface area contributed by atoms with E-state index < -0.39 is 10.8 Å². The Kier molecular flexibility index (Phi) is 5.50. The van der Waals surface area contributed by atoms with Gasteiger partial charge in [0.2, 0.25) is 11.8 Å². The van der Waals surface area contributed by atoms with E-state index in [4.69, 9.17) is 4.74 Å². The Morgan fingerprint density at radius 2 is 2.25 bits per heavy atom. The van der Waals surface area contributed by atoms with Gasteiger partial charge in [0.25, 0.3) is 5.69 Å². The van der Waals surface area contributed by atoms with Crippen LogP contribution in [-0.4, -0.2) is 47.9 Å². The molecule has 0 aromatic heterocycles. The zero-order valence-corrected chi connectivity index (χ0v) is 13.9. The molecule has 1 N–H and O–H groups in total. The predicted molar refractivity (Wildman–Crippen MR) is 87.6 cm³/mol. The molecule has 0 bridgehead atoms. The van der Waals surface area contributed by atoms with Gasteiger partial charge in [-0.15, -0.1) is 0 Å². The Morgan fingerprint density at radius 1 is 1.54 bits per heavy atom. The van der Waals surface area contributed by atoms with E-state index in [1.807, 2.05) is 6.92 Å². The number of nitrogens with one attached hydrogen (secondary N) is 1. The highest BCUT2D eigenvalue weighted by Crippen LogP contribution is 2.27. The van der Waals surface area contributed by atoms with Crippen LogP contribution >= 0.6 is 0 Å². The second-order valence-corrected chi connectivity index (χ2v) is 5.95. The summed E-state index contributed by atoms with van der Waals surface area (Å²) in [6.07, 6.45) is 0.133. The summed E-state index contributed by atoms with van der Waals surface area (Å²) in [7, 11) is 1.56. The van der Waals surface area contributed by atoms with Crippen LogP contribution < -0.4 is 5.32 Å². The fourth-order valence-electron chi connectivity index (χ4n) is 2.86. The van der Waals surface area contributed by atoms with Gasteiger partial charge in [-0.05, 0) is 19.9 Å². The maximum atomic E-state index is 12.4. The van der Waals surface area contributed by atoms with Gasteiger partial charge in [-0.1, -0.05) is 6.07 Å². The van der Waals surface area contributed by atoms with E-state index in [9.17, 15) is 19.7 Å². The number of ether oxygens (including phenoxy) is 1. The highest BCUT2D eigenvalue weighted by atomic mass is 16.6. The third-order valence-electron chi connectivity index (χ3n) is 4.23. The summed E-state index contributed by atoms with van der Waals surface area (Å²) in [5.74, 6) is -0.870. The van der Waals surface area contributed by atoms with Gasteiger partial charge in [0.05, 0.1) is 34.7 Å². The van der Waals surface area contributed by atoms with E-state index in [2.05, 4.69) is 5.32 Å². The number of methoxy groups -OCH3 is 1. The van der Waals surface area contributed by atoms with Crippen molar-refractivity contribution in [2.45, 2.75) is 26.3 Å². The number of carbonyl (C=O) groups is 2. The molecular formula is C16H21N3O5. The molecule has 1 aliphatic heterocycles. The predicted octanol–water partition coefficient (Wildman–Crippen LogP) is 1.73. The molecule has 1 saturated heterocycles. The molecule has 1 aromatic carbocycles. The largest absolute Gasteiger partial charge is 0.383 e. The Morgan fingerprint density at radius 3 is 2.88 bits per heavy atom. The van der Waals surface area contributed by atoms with Crippen LogP contribution in [0.5, 0.6) is 0 Å². The van der Waals surface area contributed by atoms with Crippen LogP contribution in [-0.2, 0) is 14.3 Å². The van der Waals surface area contributed by atoms with Crippen LogP contribution in [0.25, 0.3) is 0 Å². The molecule has 0 radical (unpaired) electrons. The maximum Gasteiger partial charge on any atom is 0.274 e. The van der Waals surface area contributed by atoms with E-state index >= 15 is 0 Å². The quantitative estimate of drug-likeness (QED) is 0.630. The number of nitro benzene ring substituents is 1. The minimum Gasteiger partial charge on any atom is -0.383 e. The lowest BCUT2D eigenvalue weighted by molar-refractivity contribution is -0.385. The van der Waals surface area contributed by atoms with Crippen LogP contribution in [0.1, 0.15) is 18.9 Å². The van der Waals surface area contributed by atoms with Crippen LogP contribution in [0.15, 0.2) is 18.2 Å². The smallest absolute Gasteiger partial charge is 0.274 e. The molecule has 1 aromatic rings. The lowest BCUT2D eigenvalue weighted by atomic mass is 10.1. The van der Waals surface area contributed by atoms with Crippen molar-refractivity contribution in [2.24, 2.45) is 5.92 Å². The fraction of sp³-hybridized carbons (Fsp3) is 0.500. The lowest BCUT2D eigenvalue weighted by Crippen LogP contribution is -2.38. The summed E-state index contributed by atoms with van der Waals surface area (Å²) in [4.78, 5) is 36.6. The molecule has 0 spiro atoms. The first-order valence-electron chi connectivity index (χ1n) is 7.68. The molecule has 2 rings (SSSR count). The zero-order valence-electron chi connectivity index (χ0n) is 13.9. The monoisotopic (exact) mass is 335 g/mol. The molecule has 2 atom stereocenters. The van der Waals surface area contributed by atoms with Crippen molar-refractivity contribution in [3.05, 3.63) is 33.9 Å². The molecule has 1 heterocycles. The van der Waals surface area contributed by atoms with Crippen molar-refractivity contribution in [2.75, 3.05) is 25.6 Å². The molecule has 0 unspecified atom stereocenters. The number of rotatable bonds is 6. The summed E-state index contributed by atoms with van der Waals surface area (Å²) in [6, 6.07) is 4.42. The second kappa shape index (κ2) is 7.39. The summed E-state index contributed by atoms with van der Waals surface area (Å²) < 4.78 is 5.05. The fourth-order valence-corrected chi connectivity index (χ4v) is 2.86. The number of amides is 2. The van der Waals surface area contributed by atoms with Crippen LogP contribution in [0.2, 0.25) is 0 Å². The first kappa shape index (κ1) is 17.9. The normalized spacial score (nSPS) is 18.5. The molecule has 1 fully saturated rings. The van der Waals surface area contributed by atoms with Crippen LogP contribution in [0.4, 0.5) is 11.4 Å². The Hall–Kier alpha value is -2.48. The number of hydrogen-bond acceptors (Lipinski definition) is 5. The summed E-state index contributed by atoms with van der Waals surface area (Å²) in [6.45, 7) is 4.18. The number of hydrogen-bond donors (Lipinski definition) is 1. The molecular weight excluding hydrogens is 314 g/mol. The highest BCUT2D eigenvalue weighted by Gasteiger charge is 2.36. The summed E-state index contributed by atoms with van der Waals surface area (Å²) in [5, 5.41) is 13.7. The molecule has 130 valence electrons. The van der Waals surface area contributed by atoms with Crippen molar-refractivity contribution in [3.63, 3.8) is 0 Å². The van der Waals surface area contributed by atoms with Crippen LogP contribution in [0, 0.1) is 23.0 Å². The van der Waals surface area contributed by atoms with Gasteiger partial charge in [0.1, 0.15) is 0 Å². The van der Waals surface area contributed by atoms with Gasteiger partial charge in [-0.2, -0.15) is 0 Å². The van der Waals surface area contributed by atoms with Crippen molar-refractivity contribution in [1.29, 1.82) is 0 Å². The van der Waals surface area contributed by atoms with Crippen molar-refractivity contribution in [1.82, 2.24) is 4.90 Å². The SMILES string of the molecule is COC[C@@H](C)N1C[C@H](C(=O)Nc2cccc([N+](=O)[O-])c2C)CC1=O. The van der Waals surface area contributed by atoms with Gasteiger partial charge in [-0.3, -0.25) is 19.7 Å². The second-order valence-electron chi connectivity index (χ2n) is 5.95. The average Bonchev–Trinajstić information content (AvgIpc) is 2.91. The molecule has 8 nitrogen and oxygen atoms in total. The van der Waals surface area contributed by atoms with E-state index in [-0.39, 0.29) is 30.0 Å². The standard InChI is InChI=1S/C16H21N3O5/c1-10(9-24-3)18-8-12(7-15(18)20)16(21)17-13-5-4-6-14(11(13)2)19(22)23/h4-6,10,12H,7-9H2,1-3H3,(H,17,21)/t10-,12-/m1/s1. The van der Waals surface area contributed by atoms with Crippen molar-refractivity contribution < 1.29 is 19.2 Å². The highest BCUT2D eigenvalue weighted by molar-refractivity contribution is 5.98. The summed E-state index contributed by atoms with van der Waals surface area (Å²) in [5.41, 5.74) is 0.737. The number of likely N-dealkylation sites (tertiary alicyclic amines) is 1. The van der Waals surface area contributed by atoms with Gasteiger partial charge in [0, 0.05) is 26.1 Å². The van der Waals surface area contributed by atoms with Crippen LogP contribution in [0.3, 0.4) is 0 Å². The minimum atomic E-state index is -0.488. The van der Waals surface area contributed by atoms with Gasteiger partial charge in [-0.25, -0.2) is 0 Å². The van der Waals surface area contributed by atoms with E-state index in [1.165, 1.54) is 12.1 Å². The molecule has 8 heteroatoms. The summed E-state index contributed by atoms with van der Waals surface area (Å²) >= 11 is 0.